The van der Waals surface area contributed by atoms with Gasteiger partial charge in [0.15, 0.2) is 5.82 Å². The first-order valence-electron chi connectivity index (χ1n) is 5.63. The van der Waals surface area contributed by atoms with Gasteiger partial charge in [-0.05, 0) is 31.2 Å². The molecule has 0 saturated carbocycles. The Kier molecular flexibility index (Phi) is 3.96. The predicted molar refractivity (Wildman–Crippen MR) is 69.6 cm³/mol. The number of nitrogens with one attached hydrogen (secondary N) is 1. The Bertz CT molecular complexity index is 633. The summed E-state index contributed by atoms with van der Waals surface area (Å²) < 4.78 is 4.86. The molecule has 0 bridgehead atoms. The summed E-state index contributed by atoms with van der Waals surface area (Å²) in [6, 6.07) is 8.38. The largest absolute Gasteiger partial charge is 0.384 e. The highest BCUT2D eigenvalue weighted by molar-refractivity contribution is 6.03. The molecule has 2 aromatic rings. The normalized spacial score (nSPS) is 9.58. The van der Waals surface area contributed by atoms with Crippen LogP contribution in [-0.4, -0.2) is 22.8 Å². The molecule has 5 heteroatoms. The summed E-state index contributed by atoms with van der Waals surface area (Å²) in [6.45, 7) is 1.56. The number of aromatic nitrogens is 1. The van der Waals surface area contributed by atoms with Crippen LogP contribution >= 0.6 is 0 Å². The van der Waals surface area contributed by atoms with Crippen molar-refractivity contribution in [3.05, 3.63) is 47.2 Å². The summed E-state index contributed by atoms with van der Waals surface area (Å²) in [5, 5.41) is 14.9. The van der Waals surface area contributed by atoms with Crippen molar-refractivity contribution in [3.63, 3.8) is 0 Å². The molecular weight excluding hydrogens is 244 g/mol. The molecule has 2 rings (SSSR count). The van der Waals surface area contributed by atoms with E-state index in [2.05, 4.69) is 22.3 Å². The van der Waals surface area contributed by atoms with Gasteiger partial charge in [0.2, 0.25) is 0 Å². The molecule has 0 radical (unpaired) electrons. The molecule has 5 nitrogen and oxygen atoms in total. The Morgan fingerprint density at radius 1 is 1.42 bits per heavy atom. The predicted octanol–water partition coefficient (Wildman–Crippen LogP) is 1.58. The molecule has 1 aromatic carbocycles. The first-order chi connectivity index (χ1) is 9.19. The van der Waals surface area contributed by atoms with Gasteiger partial charge >= 0.3 is 0 Å². The summed E-state index contributed by atoms with van der Waals surface area (Å²) in [6.07, 6.45) is 0. The fourth-order valence-electron chi connectivity index (χ4n) is 1.46. The SMILES string of the molecule is Cc1cc(NC(=O)c2ccc(C#CCO)cc2)no1. The molecule has 0 fully saturated rings. The van der Waals surface area contributed by atoms with Crippen LogP contribution in [0.1, 0.15) is 21.7 Å². The minimum atomic E-state index is -0.269. The van der Waals surface area contributed by atoms with Gasteiger partial charge in [0.05, 0.1) is 0 Å². The number of carbonyl (C=O) groups excluding carboxylic acids is 1. The first-order valence-corrected chi connectivity index (χ1v) is 5.63. The molecule has 0 aliphatic carbocycles. The molecule has 0 spiro atoms. The van der Waals surface area contributed by atoms with E-state index in [1.807, 2.05) is 0 Å². The molecule has 19 heavy (non-hydrogen) atoms. The van der Waals surface area contributed by atoms with E-state index in [9.17, 15) is 4.79 Å². The standard InChI is InChI=1S/C14H12N2O3/c1-10-9-13(16-19-10)15-14(18)12-6-4-11(5-7-12)3-2-8-17/h4-7,9,17H,8H2,1H3,(H,15,16,18). The minimum absolute atomic E-state index is 0.187. The molecule has 0 aliphatic rings. The highest BCUT2D eigenvalue weighted by Gasteiger charge is 2.08. The smallest absolute Gasteiger partial charge is 0.256 e. The zero-order chi connectivity index (χ0) is 13.7. The van der Waals surface area contributed by atoms with Gasteiger partial charge in [0, 0.05) is 17.2 Å². The van der Waals surface area contributed by atoms with Gasteiger partial charge in [-0.2, -0.15) is 0 Å². The highest BCUT2D eigenvalue weighted by atomic mass is 16.5. The van der Waals surface area contributed by atoms with Gasteiger partial charge in [-0.1, -0.05) is 17.0 Å². The van der Waals surface area contributed by atoms with Crippen molar-refractivity contribution < 1.29 is 14.4 Å². The summed E-state index contributed by atoms with van der Waals surface area (Å²) in [7, 11) is 0. The Morgan fingerprint density at radius 3 is 2.74 bits per heavy atom. The van der Waals surface area contributed by atoms with Crippen LogP contribution in [0.25, 0.3) is 0 Å². The van der Waals surface area contributed by atoms with Crippen molar-refractivity contribution in [1.82, 2.24) is 5.16 Å². The maximum atomic E-state index is 11.9. The van der Waals surface area contributed by atoms with E-state index in [4.69, 9.17) is 9.63 Å². The molecule has 2 N–H and O–H groups in total. The summed E-state index contributed by atoms with van der Waals surface area (Å²) >= 11 is 0. The molecule has 0 unspecified atom stereocenters. The number of benzene rings is 1. The fourth-order valence-corrected chi connectivity index (χ4v) is 1.46. The van der Waals surface area contributed by atoms with Crippen LogP contribution in [-0.2, 0) is 0 Å². The molecule has 0 saturated heterocycles. The van der Waals surface area contributed by atoms with Gasteiger partial charge in [0.1, 0.15) is 12.4 Å². The fraction of sp³-hybridized carbons (Fsp3) is 0.143. The van der Waals surface area contributed by atoms with E-state index in [1.54, 1.807) is 37.3 Å². The van der Waals surface area contributed by atoms with Crippen LogP contribution < -0.4 is 5.32 Å². The molecular formula is C14H12N2O3. The lowest BCUT2D eigenvalue weighted by Crippen LogP contribution is -2.11. The lowest BCUT2D eigenvalue weighted by atomic mass is 10.1. The highest BCUT2D eigenvalue weighted by Crippen LogP contribution is 2.10. The molecule has 1 amide bonds. The molecule has 1 heterocycles. The number of rotatable bonds is 2. The monoisotopic (exact) mass is 256 g/mol. The summed E-state index contributed by atoms with van der Waals surface area (Å²) in [5.41, 5.74) is 1.23. The minimum Gasteiger partial charge on any atom is -0.384 e. The Balaban J connectivity index is 2.07. The maximum Gasteiger partial charge on any atom is 0.256 e. The number of hydrogen-bond donors (Lipinski definition) is 2. The number of hydrogen-bond acceptors (Lipinski definition) is 4. The van der Waals surface area contributed by atoms with Gasteiger partial charge < -0.3 is 14.9 Å². The quantitative estimate of drug-likeness (QED) is 0.800. The van der Waals surface area contributed by atoms with E-state index in [-0.39, 0.29) is 12.5 Å². The Morgan fingerprint density at radius 2 is 2.16 bits per heavy atom. The van der Waals surface area contributed by atoms with Crippen molar-refractivity contribution in [2.75, 3.05) is 11.9 Å². The lowest BCUT2D eigenvalue weighted by Gasteiger charge is -2.01. The van der Waals surface area contributed by atoms with Crippen LogP contribution in [0.2, 0.25) is 0 Å². The van der Waals surface area contributed by atoms with Crippen molar-refractivity contribution in [1.29, 1.82) is 0 Å². The zero-order valence-electron chi connectivity index (χ0n) is 10.3. The second-order valence-electron chi connectivity index (χ2n) is 3.81. The Labute approximate surface area is 110 Å². The summed E-state index contributed by atoms with van der Waals surface area (Å²) in [5.74, 6) is 6.04. The lowest BCUT2D eigenvalue weighted by molar-refractivity contribution is 0.102. The first kappa shape index (κ1) is 12.9. The van der Waals surface area contributed by atoms with E-state index < -0.39 is 0 Å². The number of aryl methyl sites for hydroxylation is 1. The molecule has 1 aromatic heterocycles. The van der Waals surface area contributed by atoms with Crippen molar-refractivity contribution >= 4 is 11.7 Å². The van der Waals surface area contributed by atoms with Crippen LogP contribution in [0.5, 0.6) is 0 Å². The van der Waals surface area contributed by atoms with Gasteiger partial charge in [-0.3, -0.25) is 4.79 Å². The molecule has 0 aliphatic heterocycles. The number of aliphatic hydroxyl groups excluding tert-OH is 1. The molecule has 0 atom stereocenters. The third-order valence-corrected chi connectivity index (χ3v) is 2.33. The number of anilines is 1. The van der Waals surface area contributed by atoms with E-state index in [0.29, 0.717) is 17.1 Å². The maximum absolute atomic E-state index is 11.9. The average Bonchev–Trinajstić information content (AvgIpc) is 2.82. The Hall–Kier alpha value is -2.58. The van der Waals surface area contributed by atoms with Crippen molar-refractivity contribution in [2.24, 2.45) is 0 Å². The number of amides is 1. The van der Waals surface area contributed by atoms with Crippen LogP contribution in [0.4, 0.5) is 5.82 Å². The third-order valence-electron chi connectivity index (χ3n) is 2.33. The van der Waals surface area contributed by atoms with Gasteiger partial charge in [0.25, 0.3) is 5.91 Å². The summed E-state index contributed by atoms with van der Waals surface area (Å²) in [4.78, 5) is 11.9. The second-order valence-corrected chi connectivity index (χ2v) is 3.81. The molecule has 96 valence electrons. The van der Waals surface area contributed by atoms with E-state index >= 15 is 0 Å². The van der Waals surface area contributed by atoms with Crippen molar-refractivity contribution in [3.8, 4) is 11.8 Å². The number of nitrogens with zero attached hydrogens (tertiary/aromatic N) is 1. The van der Waals surface area contributed by atoms with Crippen LogP contribution in [0.15, 0.2) is 34.9 Å². The van der Waals surface area contributed by atoms with Crippen LogP contribution in [0, 0.1) is 18.8 Å². The average molecular weight is 256 g/mol. The van der Waals surface area contributed by atoms with E-state index in [1.165, 1.54) is 0 Å². The van der Waals surface area contributed by atoms with Crippen LogP contribution in [0.3, 0.4) is 0 Å². The van der Waals surface area contributed by atoms with Crippen molar-refractivity contribution in [2.45, 2.75) is 6.92 Å². The van der Waals surface area contributed by atoms with Gasteiger partial charge in [-0.15, -0.1) is 0 Å². The number of aliphatic hydroxyl groups is 1. The van der Waals surface area contributed by atoms with Gasteiger partial charge in [-0.25, -0.2) is 0 Å². The van der Waals surface area contributed by atoms with E-state index in [0.717, 1.165) is 5.56 Å². The third kappa shape index (κ3) is 3.44. The second kappa shape index (κ2) is 5.85. The number of carbonyl (C=O) groups is 1. The zero-order valence-corrected chi connectivity index (χ0v) is 10.3. The topological polar surface area (TPSA) is 75.4 Å².